The van der Waals surface area contributed by atoms with Gasteiger partial charge in [0.1, 0.15) is 29.6 Å². The van der Waals surface area contributed by atoms with Crippen molar-refractivity contribution in [1.29, 1.82) is 0 Å². The van der Waals surface area contributed by atoms with Gasteiger partial charge in [-0.25, -0.2) is 17.9 Å². The van der Waals surface area contributed by atoms with E-state index in [0.29, 0.717) is 41.9 Å². The van der Waals surface area contributed by atoms with Crippen LogP contribution >= 0.6 is 47.9 Å². The molecule has 0 spiro atoms. The molecular weight excluding hydrogens is 1030 g/mol. The van der Waals surface area contributed by atoms with Crippen molar-refractivity contribution in [3.8, 4) is 11.1 Å². The van der Waals surface area contributed by atoms with Crippen molar-refractivity contribution in [3.63, 3.8) is 0 Å². The van der Waals surface area contributed by atoms with Crippen LogP contribution in [0.3, 0.4) is 0 Å². The summed E-state index contributed by atoms with van der Waals surface area (Å²) >= 11 is 13.1. The summed E-state index contributed by atoms with van der Waals surface area (Å²) in [6.07, 6.45) is -1.51. The molecule has 0 radical (unpaired) electrons. The zero-order valence-corrected chi connectivity index (χ0v) is 43.5. The number of halogens is 11. The lowest BCUT2D eigenvalue weighted by Crippen LogP contribution is -2.38. The summed E-state index contributed by atoms with van der Waals surface area (Å²) < 4.78 is 137. The van der Waals surface area contributed by atoms with Crippen LogP contribution in [0.4, 0.5) is 54.5 Å². The molecule has 10 nitrogen and oxygen atoms in total. The van der Waals surface area contributed by atoms with Crippen LogP contribution in [0.5, 0.6) is 0 Å². The number of rotatable bonds is 11. The van der Waals surface area contributed by atoms with E-state index in [2.05, 4.69) is 55.1 Å². The number of fused-ring (bicyclic) bond motifs is 2. The second-order valence-corrected chi connectivity index (χ2v) is 20.1. The lowest BCUT2D eigenvalue weighted by atomic mass is 9.93. The maximum atomic E-state index is 14.1. The molecule has 392 valence electrons. The van der Waals surface area contributed by atoms with E-state index in [-0.39, 0.29) is 58.0 Å². The fraction of sp³-hybridized carbons (Fsp3) is 0.511. The van der Waals surface area contributed by atoms with Crippen LogP contribution in [0.15, 0.2) is 58.7 Å². The molecule has 24 heteroatoms. The van der Waals surface area contributed by atoms with E-state index >= 15 is 0 Å². The SMILES string of the molecule is CCN=C1/C(=C(\N)C(F)(F)F)[C@H]2C[C@H]2C1(F)F.CCc1ccc(-c2ccc(Cl)c3c(N(SC)C(=O)N4CCCC4)nn(CC(F)(F)F)c23)c(C(Cc2cc(F)cc(F)c2)NC=O)n1.CS.CSC(C)(C)C. The first-order valence-electron chi connectivity index (χ1n) is 22.2. The summed E-state index contributed by atoms with van der Waals surface area (Å²) in [7, 11) is 0. The fourth-order valence-electron chi connectivity index (χ4n) is 7.96. The molecule has 2 aromatic carbocycles. The van der Waals surface area contributed by atoms with Crippen molar-refractivity contribution in [3.05, 3.63) is 87.3 Å². The van der Waals surface area contributed by atoms with Crippen LogP contribution in [-0.4, -0.2) is 99.2 Å². The standard InChI is InChI=1S/C31H30ClF5N6O2S.C10H11F5N2.C5H12S.CH4S/c1-3-21-6-7-22(27(39-21)25(38-17-44)14-18-12-19(33)15-20(34)13-18)23-8-9-24(32)26-28(23)42(16-31(35,36)37)40-29(26)43(46-2)30(45)41-10-4-5-11-41;1-2-17-8-6(7(16)10(13,14)15)4-3-5(4)9(8,11)12;1-5(2,3)6-4;1-2/h6-9,12-13,15,17,25H,3-5,10-11,14,16H2,1-2H3,(H,38,44);4-5H,2-3,16H2,1H3;1-4H3;2H,1H3/b;7-6-,17-8?;;/t;4-,5+;;/m.0../s1. The van der Waals surface area contributed by atoms with Crippen LogP contribution in [0.2, 0.25) is 5.02 Å². The lowest BCUT2D eigenvalue weighted by Gasteiger charge is -2.24. The van der Waals surface area contributed by atoms with Crippen molar-refractivity contribution < 1.29 is 53.5 Å². The highest BCUT2D eigenvalue weighted by molar-refractivity contribution is 8.00. The molecule has 1 aliphatic heterocycles. The van der Waals surface area contributed by atoms with Gasteiger partial charge in [-0.15, -0.1) is 0 Å². The van der Waals surface area contributed by atoms with E-state index in [1.54, 1.807) is 29.5 Å². The van der Waals surface area contributed by atoms with Gasteiger partial charge in [-0.05, 0) is 99.2 Å². The number of likely N-dealkylation sites (tertiary alicyclic amines) is 1. The van der Waals surface area contributed by atoms with E-state index < -0.39 is 77.3 Å². The Hall–Kier alpha value is -4.35. The van der Waals surface area contributed by atoms with Gasteiger partial charge in [0, 0.05) is 65.0 Å². The highest BCUT2D eigenvalue weighted by Crippen LogP contribution is 2.62. The number of aryl methyl sites for hydroxylation is 1. The third-order valence-electron chi connectivity index (χ3n) is 11.4. The summed E-state index contributed by atoms with van der Waals surface area (Å²) in [5.41, 5.74) is 3.97. The molecule has 2 saturated carbocycles. The normalized spacial score (nSPS) is 18.9. The van der Waals surface area contributed by atoms with E-state index in [9.17, 15) is 53.5 Å². The van der Waals surface area contributed by atoms with Gasteiger partial charge < -0.3 is 16.0 Å². The van der Waals surface area contributed by atoms with E-state index in [4.69, 9.17) is 22.3 Å². The van der Waals surface area contributed by atoms with Crippen LogP contribution < -0.4 is 15.4 Å². The van der Waals surface area contributed by atoms with Gasteiger partial charge in [0.15, 0.2) is 5.82 Å². The summed E-state index contributed by atoms with van der Waals surface area (Å²) in [4.78, 5) is 35.1. The number of pyridine rings is 1. The number of carbonyl (C=O) groups excluding carboxylic acids is 2. The second kappa shape index (κ2) is 24.6. The Balaban J connectivity index is 0.000000359. The van der Waals surface area contributed by atoms with Gasteiger partial charge in [-0.3, -0.25) is 19.5 Å². The molecular formula is C47H57ClF10N8O2S3. The average Bonchev–Trinajstić information content (AvgIpc) is 3.63. The lowest BCUT2D eigenvalue weighted by molar-refractivity contribution is -0.141. The smallest absolute Gasteiger partial charge is 0.394 e. The number of aromatic nitrogens is 3. The second-order valence-electron chi connectivity index (χ2n) is 17.3. The largest absolute Gasteiger partial charge is 0.431 e. The van der Waals surface area contributed by atoms with Gasteiger partial charge >= 0.3 is 18.4 Å². The van der Waals surface area contributed by atoms with Gasteiger partial charge in [0.05, 0.1) is 27.7 Å². The number of hydrogen-bond donors (Lipinski definition) is 3. The van der Waals surface area contributed by atoms with Gasteiger partial charge in [0.2, 0.25) is 6.41 Å². The molecule has 7 rings (SSSR count). The molecule has 3 heterocycles. The first-order chi connectivity index (χ1) is 33.2. The molecule has 4 aromatic rings. The minimum absolute atomic E-state index is 0.00190. The van der Waals surface area contributed by atoms with E-state index in [1.165, 1.54) is 23.4 Å². The van der Waals surface area contributed by atoms with Gasteiger partial charge in [-0.1, -0.05) is 51.4 Å². The molecule has 2 aromatic heterocycles. The Labute approximate surface area is 425 Å². The van der Waals surface area contributed by atoms with Crippen LogP contribution in [-0.2, 0) is 24.2 Å². The van der Waals surface area contributed by atoms with Crippen molar-refractivity contribution in [1.82, 2.24) is 25.0 Å². The predicted octanol–water partition coefficient (Wildman–Crippen LogP) is 12.7. The molecule has 3 atom stereocenters. The minimum atomic E-state index is -4.78. The number of hydrogen-bond acceptors (Lipinski definition) is 9. The van der Waals surface area contributed by atoms with Crippen molar-refractivity contribution in [2.45, 2.75) is 102 Å². The zero-order valence-electron chi connectivity index (χ0n) is 40.2. The first-order valence-corrected chi connectivity index (χ1v) is 25.9. The number of urea groups is 1. The highest BCUT2D eigenvalue weighted by atomic mass is 35.5. The molecule has 3 amide bonds. The third kappa shape index (κ3) is 14.7. The maximum Gasteiger partial charge on any atom is 0.431 e. The summed E-state index contributed by atoms with van der Waals surface area (Å²) in [6, 6.07) is 8.04. The zero-order chi connectivity index (χ0) is 53.4. The Morgan fingerprint density at radius 3 is 2.11 bits per heavy atom. The van der Waals surface area contributed by atoms with Crippen LogP contribution in [0.1, 0.15) is 76.9 Å². The molecule has 0 bridgehead atoms. The predicted molar refractivity (Wildman–Crippen MR) is 268 cm³/mol. The topological polar surface area (TPSA) is 122 Å². The number of nitrogens with one attached hydrogen (secondary N) is 1. The molecule has 2 aliphatic carbocycles. The molecule has 3 aliphatic rings. The van der Waals surface area contributed by atoms with Gasteiger partial charge in [-0.2, -0.15) is 64.6 Å². The van der Waals surface area contributed by atoms with E-state index in [0.717, 1.165) is 47.7 Å². The number of nitrogens with zero attached hydrogens (tertiary/aromatic N) is 6. The Kier molecular flexibility index (Phi) is 20.5. The molecule has 1 unspecified atom stereocenters. The Morgan fingerprint density at radius 2 is 1.61 bits per heavy atom. The molecule has 3 fully saturated rings. The van der Waals surface area contributed by atoms with Crippen LogP contribution in [0.25, 0.3) is 22.0 Å². The van der Waals surface area contributed by atoms with E-state index in [1.807, 2.05) is 18.7 Å². The average molecular weight is 1090 g/mol. The number of thioether (sulfide) groups is 1. The van der Waals surface area contributed by atoms with Crippen molar-refractivity contribution in [2.75, 3.05) is 42.7 Å². The number of alkyl halides is 8. The monoisotopic (exact) mass is 1090 g/mol. The van der Waals surface area contributed by atoms with Gasteiger partial charge in [0.25, 0.3) is 5.92 Å². The quantitative estimate of drug-likeness (QED) is 0.0592. The maximum absolute atomic E-state index is 14.1. The fourth-order valence-corrected chi connectivity index (χ4v) is 8.77. The number of nitrogens with two attached hydrogens (primary N) is 1. The molecule has 1 saturated heterocycles. The first kappa shape index (κ1) is 59.2. The minimum Gasteiger partial charge on any atom is -0.394 e. The molecule has 71 heavy (non-hydrogen) atoms. The van der Waals surface area contributed by atoms with Crippen molar-refractivity contribution >= 4 is 82.8 Å². The molecule has 3 N–H and O–H groups in total. The number of aliphatic imine (C=N–C) groups is 1. The number of allylic oxidation sites excluding steroid dienone is 2. The highest BCUT2D eigenvalue weighted by Gasteiger charge is 2.68. The van der Waals surface area contributed by atoms with Crippen molar-refractivity contribution in [2.24, 2.45) is 22.6 Å². The Bertz CT molecular complexity index is 2540. The number of thiol groups is 1. The third-order valence-corrected chi connectivity index (χ3v) is 13.6. The Morgan fingerprint density at radius 1 is 1.01 bits per heavy atom. The number of anilines is 1. The summed E-state index contributed by atoms with van der Waals surface area (Å²) in [5.74, 6) is -6.76. The number of benzene rings is 2. The summed E-state index contributed by atoms with van der Waals surface area (Å²) in [6.45, 7) is 9.52. The summed E-state index contributed by atoms with van der Waals surface area (Å²) in [5, 5.41) is 7.18. The van der Waals surface area contributed by atoms with Crippen LogP contribution in [0, 0.1) is 23.5 Å². The number of amides is 3. The number of carbonyl (C=O) groups is 2.